The molecular formula is C89H113F3LiN11O22S2. The number of Topliss-reactive ketones (excluding diaryl/α,β-unsaturated/α-hetero) is 2. The summed E-state index contributed by atoms with van der Waals surface area (Å²) in [5.74, 6) is -1.45. The summed E-state index contributed by atoms with van der Waals surface area (Å²) in [7, 11) is 1.31. The molecule has 0 aliphatic rings. The quantitative estimate of drug-likeness (QED) is 0.00606. The van der Waals surface area contributed by atoms with E-state index in [1.807, 2.05) is 122 Å². The molecule has 4 aromatic carbocycles. The van der Waals surface area contributed by atoms with Gasteiger partial charge in [-0.2, -0.15) is 13.2 Å². The molecule has 2 atom stereocenters. The number of pyridine rings is 2. The first-order chi connectivity index (χ1) is 60.8. The molecule has 128 heavy (non-hydrogen) atoms. The number of unbranched alkanes of at least 4 members (excludes halogenated alkanes) is 1. The number of aldehydes is 1. The van der Waals surface area contributed by atoms with E-state index in [1.165, 1.54) is 12.0 Å². The van der Waals surface area contributed by atoms with E-state index in [2.05, 4.69) is 46.7 Å². The standard InChI is InChI=1S/C46H60N6O11S.C41H51N5O9S.C2HF3O.Li.H2O/c1-33-14-16-48-41(29-33)52(45(56)63-46(2,3)4)18-6-7-42(54)49-32-37(53)30-36(31-43(55)57-5)34-8-10-35(11-9-34)38-12-13-40(44-39(38)15-28-64-44)62-27-26-61-25-24-60-23-22-59-21-20-58-19-17-50-51-47;1-30-12-14-43-34(26-30)4-2-3-5-39(48)44-29-35(47)27-33(28-40(49)50)31-6-8-32(9-7-31)36-10-11-38(41-37(36)13-25-56-41)55-24-23-54-22-21-53-20-19-52-18-17-51-16-15-45-46-42;3-2(4,5)1-6;;/h8-16,28-29,36H,6-7,17-27,30-32H2,1-5H3,(H,49,54);6-14,25-26,33H,2-5,15-24,27-29H2,1H3,(H,44,48)(H,49,50);1H;;1H2/q;;;+1;/p-1/t36-;33-;;;/m00.../s1. The zero-order valence-electron chi connectivity index (χ0n) is 73.3. The molecule has 39 heteroatoms. The second kappa shape index (κ2) is 62.7. The van der Waals surface area contributed by atoms with Gasteiger partial charge in [-0.25, -0.2) is 9.78 Å². The smallest absolute Gasteiger partial charge is 0.870 e. The molecular weight excluding hydrogens is 1700 g/mol. The number of rotatable bonds is 58. The van der Waals surface area contributed by atoms with Crippen molar-refractivity contribution in [1.82, 2.24) is 20.6 Å². The Bertz CT molecular complexity index is 4770. The van der Waals surface area contributed by atoms with Crippen LogP contribution >= 0.6 is 22.7 Å². The number of fused-ring (bicyclic) bond motifs is 2. The molecule has 0 radical (unpaired) electrons. The van der Waals surface area contributed by atoms with Crippen LogP contribution in [0.4, 0.5) is 23.8 Å². The number of hydrogen-bond donors (Lipinski definition) is 3. The average Bonchev–Trinajstić information content (AvgIpc) is 1.62. The van der Waals surface area contributed by atoms with Crippen molar-refractivity contribution < 1.29 is 138 Å². The Kier molecular flexibility index (Phi) is 53.8. The number of ketones is 2. The molecule has 4 heterocycles. The largest absolute Gasteiger partial charge is 1.00 e. The summed E-state index contributed by atoms with van der Waals surface area (Å²) in [6.07, 6.45) is -0.0482. The number of carbonyl (C=O) groups excluding carboxylic acids is 7. The SMILES string of the molecule is COC(=O)C[C@H](CC(=O)CNC(=O)CCCN(C(=O)OC(C)(C)C)c1cc(C)ccn1)c1ccc(-c2ccc(OCCOCCOCCOCCOCCN=[N+]=[N-])c3sccc23)cc1.Cc1ccnc(CCCCC(=O)NCC(=O)C[C@@H](CC(=O)O)c2ccc(-c3ccc(OCCOCCOCCOCCOCCN=[N+]=[N-])c4sccc34)cc2)c1.O=CC(F)(F)F.[Li+].[OH-]. The molecule has 690 valence electrons. The van der Waals surface area contributed by atoms with Crippen LogP contribution in [0.25, 0.3) is 63.3 Å². The number of carboxylic acid groups (broad SMARTS) is 1. The fourth-order valence-corrected chi connectivity index (χ4v) is 14.1. The fourth-order valence-electron chi connectivity index (χ4n) is 12.3. The van der Waals surface area contributed by atoms with Crippen LogP contribution in [0.1, 0.15) is 118 Å². The fraction of sp³-hybridized carbons (Fsp3) is 0.483. The summed E-state index contributed by atoms with van der Waals surface area (Å²) < 4.78 is 99.7. The van der Waals surface area contributed by atoms with Crippen molar-refractivity contribution in [3.63, 3.8) is 0 Å². The summed E-state index contributed by atoms with van der Waals surface area (Å²) >= 11 is 3.17. The number of aromatic nitrogens is 2. The minimum Gasteiger partial charge on any atom is -0.870 e. The summed E-state index contributed by atoms with van der Waals surface area (Å²) in [5.41, 5.74) is 24.3. The first kappa shape index (κ1) is 110. The monoisotopic (exact) mass is 1820 g/mol. The molecule has 0 unspecified atom stereocenters. The van der Waals surface area contributed by atoms with Gasteiger partial charge in [0.1, 0.15) is 36.1 Å². The maximum absolute atomic E-state index is 13.2. The molecule has 4 aromatic heterocycles. The number of azide groups is 2. The summed E-state index contributed by atoms with van der Waals surface area (Å²) in [6, 6.07) is 35.0. The Balaban J connectivity index is 0.000000500. The van der Waals surface area contributed by atoms with E-state index in [0.717, 1.165) is 94.7 Å². The van der Waals surface area contributed by atoms with Gasteiger partial charge in [0.15, 0.2) is 11.6 Å². The van der Waals surface area contributed by atoms with Crippen LogP contribution in [0.5, 0.6) is 11.5 Å². The molecule has 0 fully saturated rings. The molecule has 0 aliphatic carbocycles. The minimum atomic E-state index is -4.64. The zero-order valence-corrected chi connectivity index (χ0v) is 74.9. The van der Waals surface area contributed by atoms with E-state index in [0.29, 0.717) is 157 Å². The molecule has 8 aromatic rings. The summed E-state index contributed by atoms with van der Waals surface area (Å²) in [5, 5.41) is 27.9. The number of aliphatic carboxylic acids is 1. The third-order valence-electron chi connectivity index (χ3n) is 18.3. The molecule has 3 amide bonds. The van der Waals surface area contributed by atoms with Crippen LogP contribution in [0.3, 0.4) is 0 Å². The number of nitrogens with zero attached hydrogens (tertiary/aromatic N) is 9. The van der Waals surface area contributed by atoms with Crippen LogP contribution in [0.2, 0.25) is 0 Å². The first-order valence-electron chi connectivity index (χ1n) is 41.1. The zero-order chi connectivity index (χ0) is 91.2. The van der Waals surface area contributed by atoms with E-state index in [9.17, 15) is 51.8 Å². The number of esters is 1. The van der Waals surface area contributed by atoms with Crippen LogP contribution in [0, 0.1) is 13.8 Å². The van der Waals surface area contributed by atoms with Gasteiger partial charge in [0.05, 0.1) is 148 Å². The van der Waals surface area contributed by atoms with Crippen LogP contribution in [-0.2, 0) is 87.4 Å². The van der Waals surface area contributed by atoms with Gasteiger partial charge >= 0.3 is 43.1 Å². The first-order valence-corrected chi connectivity index (χ1v) is 42.9. The second-order valence-corrected chi connectivity index (χ2v) is 31.1. The molecule has 0 spiro atoms. The number of amides is 3. The van der Waals surface area contributed by atoms with E-state index in [-0.39, 0.29) is 99.5 Å². The Hall–Kier alpha value is -10.5. The van der Waals surface area contributed by atoms with Gasteiger partial charge in [-0.1, -0.05) is 58.8 Å². The topological polar surface area (TPSA) is 448 Å². The van der Waals surface area contributed by atoms with Gasteiger partial charge < -0.3 is 78.1 Å². The van der Waals surface area contributed by atoms with Crippen molar-refractivity contribution in [3.05, 3.63) is 181 Å². The number of halogens is 3. The number of thiophene rings is 2. The van der Waals surface area contributed by atoms with Gasteiger partial charge in [0.25, 0.3) is 0 Å². The number of anilines is 1. The van der Waals surface area contributed by atoms with Crippen molar-refractivity contribution in [3.8, 4) is 33.8 Å². The Morgan fingerprint density at radius 2 is 0.945 bits per heavy atom. The number of nitrogens with one attached hydrogen (secondary N) is 2. The van der Waals surface area contributed by atoms with E-state index >= 15 is 0 Å². The van der Waals surface area contributed by atoms with Gasteiger partial charge in [-0.3, -0.25) is 43.4 Å². The summed E-state index contributed by atoms with van der Waals surface area (Å²) in [6.45, 7) is 17.2. The van der Waals surface area contributed by atoms with E-state index < -0.39 is 47.9 Å². The van der Waals surface area contributed by atoms with E-state index in [1.54, 1.807) is 61.9 Å². The Labute approximate surface area is 761 Å². The van der Waals surface area contributed by atoms with Crippen molar-refractivity contribution in [2.75, 3.05) is 164 Å². The number of benzene rings is 4. The number of ether oxygens (including phenoxy) is 12. The van der Waals surface area contributed by atoms with Crippen LogP contribution in [-0.4, -0.2) is 239 Å². The van der Waals surface area contributed by atoms with Crippen LogP contribution in [0.15, 0.2) is 143 Å². The van der Waals surface area contributed by atoms with Gasteiger partial charge in [0.2, 0.25) is 18.1 Å². The summed E-state index contributed by atoms with van der Waals surface area (Å²) in [4.78, 5) is 113. The number of methoxy groups -OCH3 is 1. The predicted octanol–water partition coefficient (Wildman–Crippen LogP) is 12.6. The number of aryl methyl sites for hydroxylation is 3. The van der Waals surface area contributed by atoms with Crippen molar-refractivity contribution in [2.24, 2.45) is 10.2 Å². The van der Waals surface area contributed by atoms with Crippen molar-refractivity contribution in [1.29, 1.82) is 0 Å². The third kappa shape index (κ3) is 44.5. The predicted molar refractivity (Wildman–Crippen MR) is 472 cm³/mol. The molecule has 0 bridgehead atoms. The van der Waals surface area contributed by atoms with E-state index in [4.69, 9.17) is 72.7 Å². The van der Waals surface area contributed by atoms with Gasteiger partial charge in [-0.15, -0.1) is 22.7 Å². The molecule has 33 nitrogen and oxygen atoms in total. The Morgan fingerprint density at radius 3 is 1.34 bits per heavy atom. The Morgan fingerprint density at radius 1 is 0.539 bits per heavy atom. The number of alkyl halides is 3. The van der Waals surface area contributed by atoms with Gasteiger partial charge in [-0.05, 0) is 187 Å². The third-order valence-corrected chi connectivity index (χ3v) is 20.2. The molecule has 8 rings (SSSR count). The molecule has 0 aliphatic heterocycles. The number of hydrogen-bond acceptors (Lipinski definition) is 27. The number of carbonyl (C=O) groups is 8. The van der Waals surface area contributed by atoms with Crippen molar-refractivity contribution in [2.45, 2.75) is 122 Å². The number of carboxylic acids is 1. The molecule has 0 saturated carbocycles. The second-order valence-electron chi connectivity index (χ2n) is 29.2. The molecule has 4 N–H and O–H groups in total. The minimum absolute atomic E-state index is 0. The van der Waals surface area contributed by atoms with Crippen molar-refractivity contribution >= 4 is 96.4 Å². The van der Waals surface area contributed by atoms with Crippen LogP contribution < -0.4 is 43.9 Å². The normalized spacial score (nSPS) is 11.4. The maximum Gasteiger partial charge on any atom is 1.00 e. The molecule has 0 saturated heterocycles. The maximum atomic E-state index is 13.2. The van der Waals surface area contributed by atoms with Gasteiger partial charge in [0, 0.05) is 95.8 Å². The average molecular weight is 1820 g/mol.